The number of nitrogens with two attached hydrogens (primary N) is 1. The van der Waals surface area contributed by atoms with Crippen molar-refractivity contribution in [2.75, 3.05) is 18.1 Å². The third kappa shape index (κ3) is 5.92. The van der Waals surface area contributed by atoms with Crippen LogP contribution >= 0.6 is 35.5 Å². The van der Waals surface area contributed by atoms with Crippen LogP contribution in [0.15, 0.2) is 50.8 Å². The SMILES string of the molecule is NC1(/C(=N/Oc2ccc(F)cc2)C(=O)NC2C(=O)N3C(C(=O)O)=C(CSc4nnnn4CCO)CS[C@H]23)N=CSN1. The Hall–Kier alpha value is -3.56. The van der Waals surface area contributed by atoms with Crippen molar-refractivity contribution in [1.29, 1.82) is 0 Å². The molecule has 1 aromatic heterocycles. The summed E-state index contributed by atoms with van der Waals surface area (Å²) in [7, 11) is 0. The molecule has 1 fully saturated rings. The van der Waals surface area contributed by atoms with Crippen LogP contribution in [0.2, 0.25) is 0 Å². The first-order valence-electron chi connectivity index (χ1n) is 11.7. The molecular weight excluding hydrogens is 603 g/mol. The van der Waals surface area contributed by atoms with E-state index in [1.165, 1.54) is 45.9 Å². The first-order valence-corrected chi connectivity index (χ1v) is 14.6. The van der Waals surface area contributed by atoms with E-state index in [4.69, 9.17) is 15.7 Å². The third-order valence-electron chi connectivity index (χ3n) is 5.88. The molecule has 16 nitrogen and oxygen atoms in total. The molecule has 0 radical (unpaired) electrons. The second-order valence-corrected chi connectivity index (χ2v) is 11.2. The molecule has 3 aliphatic rings. The summed E-state index contributed by atoms with van der Waals surface area (Å²) in [4.78, 5) is 49.0. The van der Waals surface area contributed by atoms with Crippen LogP contribution in [0.1, 0.15) is 0 Å². The lowest BCUT2D eigenvalue weighted by Gasteiger charge is -2.49. The topological polar surface area (TPSA) is 223 Å². The number of tetrazole rings is 1. The van der Waals surface area contributed by atoms with Gasteiger partial charge in [-0.3, -0.25) is 20.2 Å². The van der Waals surface area contributed by atoms with E-state index < -0.39 is 46.5 Å². The van der Waals surface area contributed by atoms with Crippen LogP contribution < -0.4 is 20.6 Å². The molecule has 2 unspecified atom stereocenters. The van der Waals surface area contributed by atoms with Gasteiger partial charge in [0.2, 0.25) is 16.7 Å². The van der Waals surface area contributed by atoms with Gasteiger partial charge in [-0.25, -0.2) is 23.6 Å². The largest absolute Gasteiger partial charge is 0.477 e. The van der Waals surface area contributed by atoms with Gasteiger partial charge in [0.05, 0.1) is 18.7 Å². The van der Waals surface area contributed by atoms with Crippen LogP contribution in [0, 0.1) is 5.82 Å². The van der Waals surface area contributed by atoms with E-state index in [9.17, 15) is 23.9 Å². The average molecular weight is 625 g/mol. The number of carboxylic acid groups (broad SMARTS) is 1. The molecule has 4 heterocycles. The van der Waals surface area contributed by atoms with Crippen molar-refractivity contribution in [3.63, 3.8) is 0 Å². The van der Waals surface area contributed by atoms with Crippen molar-refractivity contribution in [2.45, 2.75) is 28.9 Å². The number of nitrogens with one attached hydrogen (secondary N) is 2. The minimum Gasteiger partial charge on any atom is -0.477 e. The number of aliphatic imine (C=N–C) groups is 1. The molecule has 3 aliphatic heterocycles. The Bertz CT molecular complexity index is 1450. The molecule has 3 atom stereocenters. The van der Waals surface area contributed by atoms with Gasteiger partial charge < -0.3 is 20.4 Å². The van der Waals surface area contributed by atoms with Crippen LogP contribution in [0.25, 0.3) is 0 Å². The number of thioether (sulfide) groups is 2. The molecule has 0 bridgehead atoms. The zero-order valence-corrected chi connectivity index (χ0v) is 23.2. The number of nitrogens with zero attached hydrogens (tertiary/aromatic N) is 7. The Morgan fingerprint density at radius 1 is 1.37 bits per heavy atom. The lowest BCUT2D eigenvalue weighted by atomic mass is 10.0. The number of oxime groups is 1. The molecule has 216 valence electrons. The zero-order chi connectivity index (χ0) is 29.1. The van der Waals surface area contributed by atoms with Gasteiger partial charge in [0, 0.05) is 11.5 Å². The number of benzene rings is 1. The van der Waals surface area contributed by atoms with Crippen LogP contribution in [0.4, 0.5) is 4.39 Å². The monoisotopic (exact) mass is 624 g/mol. The fourth-order valence-corrected chi connectivity index (χ4v) is 6.92. The standard InChI is InChI=1S/C21H21FN10O6S3/c22-11-1-3-12(4-2-11)38-27-15(21(23)24-9-41-28-21)16(34)25-13-17(35)32-14(19(36)37)10(7-39-18(13)32)8-40-20-26-29-30-31(20)5-6-33/h1-4,9,13,18,28,33H,5-8,23H2,(H,25,34)(H,36,37)/b27-15+/t13?,18-,21?/m1/s1. The van der Waals surface area contributed by atoms with Crippen LogP contribution in [0.3, 0.4) is 0 Å². The normalized spacial score (nSPS) is 23.8. The number of hydrogen-bond donors (Lipinski definition) is 5. The van der Waals surface area contributed by atoms with Gasteiger partial charge in [-0.15, -0.1) is 16.9 Å². The second-order valence-electron chi connectivity index (χ2n) is 8.52. The van der Waals surface area contributed by atoms with Gasteiger partial charge >= 0.3 is 5.97 Å². The maximum atomic E-state index is 13.3. The molecule has 1 aromatic carbocycles. The number of fused-ring (bicyclic) bond motifs is 1. The fourth-order valence-electron chi connectivity index (χ4n) is 3.93. The summed E-state index contributed by atoms with van der Waals surface area (Å²) >= 11 is 3.45. The predicted octanol–water partition coefficient (Wildman–Crippen LogP) is -1.04. The molecule has 6 N–H and O–H groups in total. The number of aliphatic carboxylic acids is 1. The summed E-state index contributed by atoms with van der Waals surface area (Å²) in [5, 5.41) is 36.4. The lowest BCUT2D eigenvalue weighted by molar-refractivity contribution is -0.150. The van der Waals surface area contributed by atoms with Crippen molar-refractivity contribution in [2.24, 2.45) is 15.9 Å². The summed E-state index contributed by atoms with van der Waals surface area (Å²) in [6.07, 6.45) is 0. The van der Waals surface area contributed by atoms with Crippen molar-refractivity contribution >= 4 is 64.5 Å². The Kier molecular flexibility index (Phi) is 8.56. The van der Waals surface area contributed by atoms with Gasteiger partial charge in [0.1, 0.15) is 22.9 Å². The molecule has 5 rings (SSSR count). The summed E-state index contributed by atoms with van der Waals surface area (Å²) in [6.45, 7) is -0.00127. The number of halogens is 1. The molecule has 1 saturated heterocycles. The third-order valence-corrected chi connectivity index (χ3v) is 8.90. The summed E-state index contributed by atoms with van der Waals surface area (Å²) in [6, 6.07) is 3.80. The van der Waals surface area contributed by atoms with E-state index in [2.05, 4.69) is 35.7 Å². The van der Waals surface area contributed by atoms with Crippen LogP contribution in [0.5, 0.6) is 5.75 Å². The first-order chi connectivity index (χ1) is 19.7. The number of rotatable bonds is 11. The highest BCUT2D eigenvalue weighted by Gasteiger charge is 2.55. The Labute approximate surface area is 243 Å². The predicted molar refractivity (Wildman–Crippen MR) is 146 cm³/mol. The maximum absolute atomic E-state index is 13.3. The average Bonchev–Trinajstić information content (AvgIpc) is 3.60. The minimum absolute atomic E-state index is 0.121. The van der Waals surface area contributed by atoms with E-state index >= 15 is 0 Å². The fraction of sp³-hybridized carbons (Fsp3) is 0.333. The lowest BCUT2D eigenvalue weighted by Crippen LogP contribution is -2.72. The van der Waals surface area contributed by atoms with Crippen molar-refractivity contribution < 1.29 is 33.8 Å². The molecule has 0 spiro atoms. The van der Waals surface area contributed by atoms with Gasteiger partial charge in [-0.2, -0.15) is 0 Å². The number of aliphatic hydroxyl groups is 1. The number of carbonyl (C=O) groups excluding carboxylic acids is 2. The van der Waals surface area contributed by atoms with Gasteiger partial charge in [0.25, 0.3) is 11.8 Å². The van der Waals surface area contributed by atoms with Crippen LogP contribution in [-0.4, -0.2) is 99.7 Å². The number of carbonyl (C=O) groups is 3. The van der Waals surface area contributed by atoms with Crippen molar-refractivity contribution in [1.82, 2.24) is 35.1 Å². The van der Waals surface area contributed by atoms with Gasteiger partial charge in [-0.05, 0) is 52.2 Å². The number of amides is 2. The number of aromatic nitrogens is 4. The van der Waals surface area contributed by atoms with E-state index in [0.29, 0.717) is 10.7 Å². The van der Waals surface area contributed by atoms with E-state index in [1.807, 2.05) is 0 Å². The molecule has 2 amide bonds. The summed E-state index contributed by atoms with van der Waals surface area (Å²) in [5.74, 6) is -4.53. The van der Waals surface area contributed by atoms with Crippen molar-refractivity contribution in [3.05, 3.63) is 41.4 Å². The summed E-state index contributed by atoms with van der Waals surface area (Å²) < 4.78 is 17.3. The molecule has 0 saturated carbocycles. The highest BCUT2D eigenvalue weighted by molar-refractivity contribution is 8.10. The Balaban J connectivity index is 1.31. The molecule has 2 aromatic rings. The van der Waals surface area contributed by atoms with Crippen molar-refractivity contribution in [3.8, 4) is 5.75 Å². The van der Waals surface area contributed by atoms with E-state index in [-0.39, 0.29) is 36.1 Å². The number of carboxylic acids is 1. The number of hydrogen-bond acceptors (Lipinski definition) is 15. The molecule has 0 aliphatic carbocycles. The Morgan fingerprint density at radius 3 is 2.83 bits per heavy atom. The highest BCUT2D eigenvalue weighted by Crippen LogP contribution is 2.41. The molecular formula is C21H21FN10O6S3. The molecule has 41 heavy (non-hydrogen) atoms. The summed E-state index contributed by atoms with van der Waals surface area (Å²) in [5.41, 5.74) is 7.43. The second kappa shape index (κ2) is 12.1. The smallest absolute Gasteiger partial charge is 0.352 e. The molecule has 20 heteroatoms. The van der Waals surface area contributed by atoms with Crippen LogP contribution in [-0.2, 0) is 20.9 Å². The Morgan fingerprint density at radius 2 is 2.15 bits per heavy atom. The zero-order valence-electron chi connectivity index (χ0n) is 20.7. The first kappa shape index (κ1) is 29.0. The van der Waals surface area contributed by atoms with Gasteiger partial charge in [0.15, 0.2) is 5.75 Å². The number of aliphatic hydroxyl groups excluding tert-OH is 1. The quantitative estimate of drug-likeness (QED) is 0.0663. The maximum Gasteiger partial charge on any atom is 0.352 e. The van der Waals surface area contributed by atoms with E-state index in [1.54, 1.807) is 0 Å². The highest BCUT2D eigenvalue weighted by atomic mass is 32.2. The number of β-lactam (4-membered cyclic amide) rings is 1. The minimum atomic E-state index is -1.79. The van der Waals surface area contributed by atoms with E-state index in [0.717, 1.165) is 29.0 Å². The van der Waals surface area contributed by atoms with Gasteiger partial charge in [-0.1, -0.05) is 16.9 Å².